The summed E-state index contributed by atoms with van der Waals surface area (Å²) in [5.74, 6) is -0.0132. The summed E-state index contributed by atoms with van der Waals surface area (Å²) in [5.41, 5.74) is 6.65. The number of nitrogens with one attached hydrogen (secondary N) is 1. The number of amides is 1. The van der Waals surface area contributed by atoms with Crippen LogP contribution in [0.15, 0.2) is 6.07 Å². The van der Waals surface area contributed by atoms with Crippen molar-refractivity contribution in [3.05, 3.63) is 21.4 Å². The Morgan fingerprint density at radius 1 is 1.62 bits per heavy atom. The number of carbonyl (C=O) groups is 1. The standard InChI is InChI=1S/C11H18N2OS.ClH/c1-4-9-7(2)5-10(15-9)11(14)13-8(3)6-12;/h5,8H,4,6,12H2,1-3H3,(H,13,14);1H/t8-;/m1./s1. The maximum atomic E-state index is 11.7. The molecule has 0 radical (unpaired) electrons. The average molecular weight is 263 g/mol. The highest BCUT2D eigenvalue weighted by Crippen LogP contribution is 2.22. The molecule has 0 aliphatic carbocycles. The van der Waals surface area contributed by atoms with Crippen LogP contribution in [0.1, 0.15) is 34.0 Å². The van der Waals surface area contributed by atoms with Crippen LogP contribution in [-0.2, 0) is 6.42 Å². The third-order valence-corrected chi connectivity index (χ3v) is 3.68. The van der Waals surface area contributed by atoms with Gasteiger partial charge in [0.2, 0.25) is 0 Å². The molecule has 0 bridgehead atoms. The number of hydrogen-bond acceptors (Lipinski definition) is 3. The molecule has 0 saturated carbocycles. The Kier molecular flexibility index (Phi) is 6.64. The molecule has 0 spiro atoms. The zero-order valence-electron chi connectivity index (χ0n) is 9.87. The van der Waals surface area contributed by atoms with E-state index in [9.17, 15) is 4.79 Å². The third-order valence-electron chi connectivity index (χ3n) is 2.30. The highest BCUT2D eigenvalue weighted by molar-refractivity contribution is 7.14. The molecular formula is C11H19ClN2OS. The van der Waals surface area contributed by atoms with E-state index in [0.717, 1.165) is 11.3 Å². The normalized spacial score (nSPS) is 11.8. The number of hydrogen-bond donors (Lipinski definition) is 2. The number of halogens is 1. The topological polar surface area (TPSA) is 55.1 Å². The van der Waals surface area contributed by atoms with Crippen molar-refractivity contribution < 1.29 is 4.79 Å². The Hall–Kier alpha value is -0.580. The molecule has 0 aliphatic rings. The lowest BCUT2D eigenvalue weighted by Crippen LogP contribution is -2.37. The van der Waals surface area contributed by atoms with Crippen molar-refractivity contribution in [2.24, 2.45) is 5.73 Å². The van der Waals surface area contributed by atoms with Gasteiger partial charge in [0.15, 0.2) is 0 Å². The van der Waals surface area contributed by atoms with E-state index < -0.39 is 0 Å². The van der Waals surface area contributed by atoms with Crippen LogP contribution >= 0.6 is 23.7 Å². The van der Waals surface area contributed by atoms with Gasteiger partial charge in [0.1, 0.15) is 0 Å². The van der Waals surface area contributed by atoms with E-state index in [1.165, 1.54) is 10.4 Å². The van der Waals surface area contributed by atoms with Gasteiger partial charge in [0.25, 0.3) is 5.91 Å². The van der Waals surface area contributed by atoms with Gasteiger partial charge in [-0.1, -0.05) is 6.92 Å². The van der Waals surface area contributed by atoms with Gasteiger partial charge in [-0.15, -0.1) is 23.7 Å². The molecule has 1 amide bonds. The van der Waals surface area contributed by atoms with Gasteiger partial charge >= 0.3 is 0 Å². The van der Waals surface area contributed by atoms with Crippen LogP contribution in [0.25, 0.3) is 0 Å². The average Bonchev–Trinajstić information content (AvgIpc) is 2.59. The Morgan fingerprint density at radius 2 is 2.25 bits per heavy atom. The molecule has 1 aromatic heterocycles. The van der Waals surface area contributed by atoms with Crippen LogP contribution in [-0.4, -0.2) is 18.5 Å². The smallest absolute Gasteiger partial charge is 0.261 e. The van der Waals surface area contributed by atoms with Crippen molar-refractivity contribution in [2.75, 3.05) is 6.54 Å². The lowest BCUT2D eigenvalue weighted by molar-refractivity contribution is 0.0945. The molecule has 16 heavy (non-hydrogen) atoms. The summed E-state index contributed by atoms with van der Waals surface area (Å²) < 4.78 is 0. The monoisotopic (exact) mass is 262 g/mol. The first-order chi connectivity index (χ1) is 7.08. The van der Waals surface area contributed by atoms with Gasteiger partial charge in [-0.3, -0.25) is 4.79 Å². The van der Waals surface area contributed by atoms with Gasteiger partial charge in [-0.05, 0) is 31.9 Å². The molecule has 1 atom stereocenters. The number of nitrogens with two attached hydrogens (primary N) is 1. The second kappa shape index (κ2) is 6.89. The number of rotatable bonds is 4. The maximum Gasteiger partial charge on any atom is 0.261 e. The van der Waals surface area contributed by atoms with Crippen molar-refractivity contribution in [3.63, 3.8) is 0 Å². The van der Waals surface area contributed by atoms with E-state index >= 15 is 0 Å². The highest BCUT2D eigenvalue weighted by atomic mass is 35.5. The highest BCUT2D eigenvalue weighted by Gasteiger charge is 2.12. The molecular weight excluding hydrogens is 244 g/mol. The number of aryl methyl sites for hydroxylation is 2. The van der Waals surface area contributed by atoms with E-state index in [1.54, 1.807) is 11.3 Å². The predicted octanol–water partition coefficient (Wildman–Crippen LogP) is 2.12. The SMILES string of the molecule is CCc1sc(C(=O)N[C@H](C)CN)cc1C.Cl. The van der Waals surface area contributed by atoms with Crippen LogP contribution in [0.4, 0.5) is 0 Å². The van der Waals surface area contributed by atoms with Gasteiger partial charge in [-0.25, -0.2) is 0 Å². The number of carbonyl (C=O) groups excluding carboxylic acids is 1. The number of thiophene rings is 1. The Labute approximate surface area is 107 Å². The van der Waals surface area contributed by atoms with E-state index in [2.05, 4.69) is 12.2 Å². The fraction of sp³-hybridized carbons (Fsp3) is 0.545. The zero-order valence-corrected chi connectivity index (χ0v) is 11.5. The van der Waals surface area contributed by atoms with Gasteiger partial charge in [0.05, 0.1) is 4.88 Å². The summed E-state index contributed by atoms with van der Waals surface area (Å²) in [4.78, 5) is 13.8. The molecule has 0 fully saturated rings. The van der Waals surface area contributed by atoms with Crippen LogP contribution in [0.3, 0.4) is 0 Å². The lowest BCUT2D eigenvalue weighted by Gasteiger charge is -2.09. The Morgan fingerprint density at radius 3 is 2.69 bits per heavy atom. The van der Waals surface area contributed by atoms with Gasteiger partial charge in [-0.2, -0.15) is 0 Å². The first kappa shape index (κ1) is 15.4. The maximum absolute atomic E-state index is 11.7. The van der Waals surface area contributed by atoms with E-state index in [-0.39, 0.29) is 24.4 Å². The van der Waals surface area contributed by atoms with Crippen molar-refractivity contribution in [2.45, 2.75) is 33.2 Å². The van der Waals surface area contributed by atoms with E-state index in [0.29, 0.717) is 6.54 Å². The van der Waals surface area contributed by atoms with Gasteiger partial charge in [0, 0.05) is 17.5 Å². The van der Waals surface area contributed by atoms with E-state index in [4.69, 9.17) is 5.73 Å². The second-order valence-corrected chi connectivity index (χ2v) is 4.82. The first-order valence-corrected chi connectivity index (χ1v) is 6.00. The molecule has 5 heteroatoms. The summed E-state index contributed by atoms with van der Waals surface area (Å²) in [7, 11) is 0. The summed E-state index contributed by atoms with van der Waals surface area (Å²) in [6, 6.07) is 1.98. The van der Waals surface area contributed by atoms with Crippen LogP contribution in [0, 0.1) is 6.92 Å². The molecule has 1 aromatic rings. The molecule has 0 aliphatic heterocycles. The summed E-state index contributed by atoms with van der Waals surface area (Å²) in [6.45, 7) is 6.51. The summed E-state index contributed by atoms with van der Waals surface area (Å²) in [5, 5.41) is 2.86. The lowest BCUT2D eigenvalue weighted by atomic mass is 10.2. The first-order valence-electron chi connectivity index (χ1n) is 5.18. The molecule has 0 aromatic carbocycles. The summed E-state index contributed by atoms with van der Waals surface area (Å²) in [6.07, 6.45) is 0.982. The minimum absolute atomic E-state index is 0. The third kappa shape index (κ3) is 3.77. The minimum atomic E-state index is -0.0132. The fourth-order valence-corrected chi connectivity index (χ4v) is 2.35. The molecule has 1 rings (SSSR count). The fourth-order valence-electron chi connectivity index (χ4n) is 1.34. The Bertz CT molecular complexity index is 352. The van der Waals surface area contributed by atoms with Crippen LogP contribution in [0.2, 0.25) is 0 Å². The molecule has 1 heterocycles. The van der Waals surface area contributed by atoms with Crippen molar-refractivity contribution in [3.8, 4) is 0 Å². The predicted molar refractivity (Wildman–Crippen MR) is 71.7 cm³/mol. The van der Waals surface area contributed by atoms with Crippen LogP contribution in [0.5, 0.6) is 0 Å². The quantitative estimate of drug-likeness (QED) is 0.873. The van der Waals surface area contributed by atoms with E-state index in [1.807, 2.05) is 19.9 Å². The van der Waals surface area contributed by atoms with Crippen molar-refractivity contribution in [1.29, 1.82) is 0 Å². The molecule has 0 unspecified atom stereocenters. The summed E-state index contributed by atoms with van der Waals surface area (Å²) >= 11 is 1.57. The van der Waals surface area contributed by atoms with Crippen LogP contribution < -0.4 is 11.1 Å². The van der Waals surface area contributed by atoms with Crippen molar-refractivity contribution >= 4 is 29.7 Å². The minimum Gasteiger partial charge on any atom is -0.348 e. The van der Waals surface area contributed by atoms with Gasteiger partial charge < -0.3 is 11.1 Å². The molecule has 3 nitrogen and oxygen atoms in total. The second-order valence-electron chi connectivity index (χ2n) is 3.68. The molecule has 92 valence electrons. The molecule has 3 N–H and O–H groups in total. The molecule has 0 saturated heterocycles. The largest absolute Gasteiger partial charge is 0.348 e. The zero-order chi connectivity index (χ0) is 11.4. The Balaban J connectivity index is 0.00000225. The van der Waals surface area contributed by atoms with Crippen molar-refractivity contribution in [1.82, 2.24) is 5.32 Å².